The zero-order chi connectivity index (χ0) is 13.8. The molecule has 1 aromatic heterocycles. The number of rotatable bonds is 7. The summed E-state index contributed by atoms with van der Waals surface area (Å²) < 4.78 is 31.4. The molecule has 0 aliphatic heterocycles. The molecule has 102 valence electrons. The first-order valence-corrected chi connectivity index (χ1v) is 6.60. The Balaban J connectivity index is 2.51. The van der Waals surface area contributed by atoms with E-state index in [2.05, 4.69) is 9.88 Å². The summed E-state index contributed by atoms with van der Waals surface area (Å²) in [5, 5.41) is 12.1. The van der Waals surface area contributed by atoms with E-state index in [-0.39, 0.29) is 19.5 Å². The molecule has 0 saturated carbocycles. The van der Waals surface area contributed by atoms with Crippen LogP contribution in [0, 0.1) is 6.92 Å². The molecular weight excluding hydrogens is 262 g/mol. The van der Waals surface area contributed by atoms with Crippen molar-refractivity contribution < 1.29 is 22.8 Å². The zero-order valence-corrected chi connectivity index (χ0v) is 10.9. The van der Waals surface area contributed by atoms with Crippen LogP contribution < -0.4 is 4.72 Å². The number of nitrogens with zero attached hydrogens (tertiary/aromatic N) is 2. The molecule has 0 atom stereocenters. The van der Waals surface area contributed by atoms with E-state index in [1.807, 2.05) is 0 Å². The molecule has 0 unspecified atom stereocenters. The highest BCUT2D eigenvalue weighted by atomic mass is 32.2. The first-order chi connectivity index (χ1) is 8.31. The Morgan fingerprint density at radius 3 is 2.78 bits per heavy atom. The third kappa shape index (κ3) is 4.43. The number of hydrogen-bond acceptors (Lipinski definition) is 5. The largest absolute Gasteiger partial charge is 0.481 e. The summed E-state index contributed by atoms with van der Waals surface area (Å²) >= 11 is 0. The molecule has 18 heavy (non-hydrogen) atoms. The van der Waals surface area contributed by atoms with Gasteiger partial charge in [-0.2, -0.15) is 17.4 Å². The molecular formula is C9H15N3O5S. The number of carboxylic acids is 1. The van der Waals surface area contributed by atoms with Gasteiger partial charge in [0.1, 0.15) is 0 Å². The summed E-state index contributed by atoms with van der Waals surface area (Å²) in [7, 11) is -2.41. The van der Waals surface area contributed by atoms with E-state index in [0.717, 1.165) is 4.31 Å². The van der Waals surface area contributed by atoms with Gasteiger partial charge in [-0.1, -0.05) is 5.16 Å². The first-order valence-electron chi connectivity index (χ1n) is 5.16. The third-order valence-corrected chi connectivity index (χ3v) is 3.67. The Bertz CT molecular complexity index is 510. The van der Waals surface area contributed by atoms with Gasteiger partial charge in [-0.3, -0.25) is 4.79 Å². The molecule has 1 rings (SSSR count). The standard InChI is InChI=1S/C9H15N3O5S/c1-7-5-8(17-11-7)6-10-18(15,16)12(2)4-3-9(13)14/h5,10H,3-4,6H2,1-2H3,(H,13,14). The lowest BCUT2D eigenvalue weighted by atomic mass is 10.4. The number of nitrogens with one attached hydrogen (secondary N) is 1. The number of aliphatic carboxylic acids is 1. The minimum absolute atomic E-state index is 0.0272. The van der Waals surface area contributed by atoms with Gasteiger partial charge in [0, 0.05) is 19.7 Å². The van der Waals surface area contributed by atoms with E-state index in [9.17, 15) is 13.2 Å². The molecule has 0 spiro atoms. The zero-order valence-electron chi connectivity index (χ0n) is 10.1. The van der Waals surface area contributed by atoms with Crippen molar-refractivity contribution in [2.75, 3.05) is 13.6 Å². The quantitative estimate of drug-likeness (QED) is 0.709. The van der Waals surface area contributed by atoms with Crippen LogP contribution >= 0.6 is 0 Å². The van der Waals surface area contributed by atoms with Crippen molar-refractivity contribution in [1.29, 1.82) is 0 Å². The van der Waals surface area contributed by atoms with Crippen molar-refractivity contribution >= 4 is 16.2 Å². The molecule has 1 heterocycles. The second-order valence-corrected chi connectivity index (χ2v) is 5.59. The van der Waals surface area contributed by atoms with Gasteiger partial charge < -0.3 is 9.63 Å². The van der Waals surface area contributed by atoms with Crippen molar-refractivity contribution in [3.05, 3.63) is 17.5 Å². The van der Waals surface area contributed by atoms with Crippen LogP contribution in [0.25, 0.3) is 0 Å². The monoisotopic (exact) mass is 277 g/mol. The van der Waals surface area contributed by atoms with Gasteiger partial charge in [0.05, 0.1) is 18.7 Å². The molecule has 0 aliphatic carbocycles. The highest BCUT2D eigenvalue weighted by Gasteiger charge is 2.18. The molecule has 0 fully saturated rings. The molecule has 0 bridgehead atoms. The van der Waals surface area contributed by atoms with Crippen LogP contribution in [0.5, 0.6) is 0 Å². The Labute approximate surface area is 105 Å². The fraction of sp³-hybridized carbons (Fsp3) is 0.556. The molecule has 0 radical (unpaired) electrons. The molecule has 8 nitrogen and oxygen atoms in total. The van der Waals surface area contributed by atoms with Gasteiger partial charge in [0.15, 0.2) is 5.76 Å². The summed E-state index contributed by atoms with van der Waals surface area (Å²) in [6.07, 6.45) is -0.251. The van der Waals surface area contributed by atoms with Gasteiger partial charge in [0.25, 0.3) is 10.2 Å². The number of hydrogen-bond donors (Lipinski definition) is 2. The Hall–Kier alpha value is -1.45. The fourth-order valence-electron chi connectivity index (χ4n) is 1.15. The summed E-state index contributed by atoms with van der Waals surface area (Å²) in [6, 6.07) is 1.61. The van der Waals surface area contributed by atoms with Crippen LogP contribution in [0.15, 0.2) is 10.6 Å². The topological polar surface area (TPSA) is 113 Å². The van der Waals surface area contributed by atoms with E-state index < -0.39 is 16.2 Å². The fourth-order valence-corrected chi connectivity index (χ4v) is 2.02. The maximum absolute atomic E-state index is 11.7. The average molecular weight is 277 g/mol. The number of carbonyl (C=O) groups is 1. The summed E-state index contributed by atoms with van der Waals surface area (Å²) in [6.45, 7) is 1.60. The predicted octanol–water partition coefficient (Wildman–Crippen LogP) is -0.276. The maximum Gasteiger partial charge on any atom is 0.304 e. The maximum atomic E-state index is 11.7. The highest BCUT2D eigenvalue weighted by Crippen LogP contribution is 2.03. The van der Waals surface area contributed by atoms with Gasteiger partial charge in [-0.15, -0.1) is 0 Å². The number of aryl methyl sites for hydroxylation is 1. The van der Waals surface area contributed by atoms with Gasteiger partial charge in [0.2, 0.25) is 0 Å². The molecule has 9 heteroatoms. The lowest BCUT2D eigenvalue weighted by Crippen LogP contribution is -2.38. The van der Waals surface area contributed by atoms with E-state index in [1.54, 1.807) is 13.0 Å². The smallest absolute Gasteiger partial charge is 0.304 e. The summed E-state index contributed by atoms with van der Waals surface area (Å²) in [5.41, 5.74) is 0.656. The van der Waals surface area contributed by atoms with Crippen LogP contribution in [0.1, 0.15) is 17.9 Å². The number of carboxylic acid groups (broad SMARTS) is 1. The van der Waals surface area contributed by atoms with E-state index in [1.165, 1.54) is 7.05 Å². The molecule has 1 aromatic rings. The van der Waals surface area contributed by atoms with Crippen molar-refractivity contribution in [1.82, 2.24) is 14.2 Å². The Morgan fingerprint density at radius 1 is 1.61 bits per heavy atom. The van der Waals surface area contributed by atoms with Crippen LogP contribution in [-0.4, -0.2) is 42.5 Å². The number of aromatic nitrogens is 1. The summed E-state index contributed by atoms with van der Waals surface area (Å²) in [5.74, 6) is -0.661. The van der Waals surface area contributed by atoms with E-state index in [0.29, 0.717) is 11.5 Å². The minimum Gasteiger partial charge on any atom is -0.481 e. The Kier molecular flexibility index (Phi) is 4.82. The molecule has 0 aromatic carbocycles. The SMILES string of the molecule is Cc1cc(CNS(=O)(=O)N(C)CCC(=O)O)on1. The van der Waals surface area contributed by atoms with Gasteiger partial charge in [-0.05, 0) is 6.92 Å². The minimum atomic E-state index is -3.71. The lowest BCUT2D eigenvalue weighted by Gasteiger charge is -2.15. The van der Waals surface area contributed by atoms with Crippen LogP contribution in [0.3, 0.4) is 0 Å². The van der Waals surface area contributed by atoms with Crippen LogP contribution in [0.4, 0.5) is 0 Å². The van der Waals surface area contributed by atoms with Crippen LogP contribution in [0.2, 0.25) is 0 Å². The lowest BCUT2D eigenvalue weighted by molar-refractivity contribution is -0.137. The van der Waals surface area contributed by atoms with Gasteiger partial charge >= 0.3 is 5.97 Å². The molecule has 0 saturated heterocycles. The van der Waals surface area contributed by atoms with Crippen molar-refractivity contribution in [2.24, 2.45) is 0 Å². The van der Waals surface area contributed by atoms with Crippen molar-refractivity contribution in [2.45, 2.75) is 19.9 Å². The normalized spacial score (nSPS) is 11.9. The van der Waals surface area contributed by atoms with Crippen LogP contribution in [-0.2, 0) is 21.5 Å². The highest BCUT2D eigenvalue weighted by molar-refractivity contribution is 7.87. The van der Waals surface area contributed by atoms with E-state index >= 15 is 0 Å². The summed E-state index contributed by atoms with van der Waals surface area (Å²) in [4.78, 5) is 10.3. The van der Waals surface area contributed by atoms with E-state index in [4.69, 9.17) is 9.63 Å². The second kappa shape index (κ2) is 5.94. The van der Waals surface area contributed by atoms with Crippen molar-refractivity contribution in [3.8, 4) is 0 Å². The van der Waals surface area contributed by atoms with Crippen molar-refractivity contribution in [3.63, 3.8) is 0 Å². The molecule has 2 N–H and O–H groups in total. The average Bonchev–Trinajstić information content (AvgIpc) is 2.69. The predicted molar refractivity (Wildman–Crippen MR) is 61.9 cm³/mol. The van der Waals surface area contributed by atoms with Gasteiger partial charge in [-0.25, -0.2) is 0 Å². The Morgan fingerprint density at radius 2 is 2.28 bits per heavy atom. The first kappa shape index (κ1) is 14.6. The second-order valence-electron chi connectivity index (χ2n) is 3.73. The third-order valence-electron chi connectivity index (χ3n) is 2.16. The molecule has 0 amide bonds. The molecule has 0 aliphatic rings.